The van der Waals surface area contributed by atoms with Gasteiger partial charge in [-0.05, 0) is 12.5 Å². The molecule has 0 spiro atoms. The van der Waals surface area contributed by atoms with Crippen molar-refractivity contribution in [2.45, 2.75) is 12.7 Å². The van der Waals surface area contributed by atoms with Crippen molar-refractivity contribution in [3.05, 3.63) is 35.4 Å². The number of hydrogen-bond donors (Lipinski definition) is 1. The van der Waals surface area contributed by atoms with Crippen LogP contribution in [0.1, 0.15) is 18.1 Å². The normalized spacial score (nSPS) is 11.8. The Morgan fingerprint density at radius 1 is 1.40 bits per heavy atom. The Labute approximate surface area is 125 Å². The van der Waals surface area contributed by atoms with Gasteiger partial charge < -0.3 is 10.5 Å². The van der Waals surface area contributed by atoms with Crippen LogP contribution in [0, 0.1) is 0 Å². The first kappa shape index (κ1) is 17.0. The minimum atomic E-state index is -3.41. The van der Waals surface area contributed by atoms with Gasteiger partial charge in [0.2, 0.25) is 10.0 Å². The molecule has 1 aromatic rings. The highest BCUT2D eigenvalue weighted by Crippen LogP contribution is 2.14. The Morgan fingerprint density at radius 3 is 2.65 bits per heavy atom. The molecule has 0 aliphatic heterocycles. The lowest BCUT2D eigenvalue weighted by molar-refractivity contribution is 0.138. The van der Waals surface area contributed by atoms with E-state index in [4.69, 9.17) is 22.7 Å². The van der Waals surface area contributed by atoms with Crippen molar-refractivity contribution in [3.63, 3.8) is 0 Å². The summed E-state index contributed by atoms with van der Waals surface area (Å²) in [5.41, 5.74) is 6.83. The molecule has 0 aliphatic rings. The zero-order chi connectivity index (χ0) is 15.2. The van der Waals surface area contributed by atoms with Gasteiger partial charge in [0, 0.05) is 25.8 Å². The van der Waals surface area contributed by atoms with E-state index in [0.29, 0.717) is 30.9 Å². The highest BCUT2D eigenvalue weighted by Gasteiger charge is 2.20. The quantitative estimate of drug-likeness (QED) is 0.575. The Hall–Kier alpha value is -1.02. The van der Waals surface area contributed by atoms with E-state index in [9.17, 15) is 8.42 Å². The molecule has 0 aromatic heterocycles. The molecular formula is C13H20N2O3S2. The van der Waals surface area contributed by atoms with Gasteiger partial charge in [0.05, 0.1) is 12.4 Å². The van der Waals surface area contributed by atoms with Gasteiger partial charge >= 0.3 is 0 Å². The van der Waals surface area contributed by atoms with Gasteiger partial charge in [-0.15, -0.1) is 0 Å². The fourth-order valence-electron chi connectivity index (χ4n) is 1.67. The lowest BCUT2D eigenvalue weighted by Gasteiger charge is -2.18. The van der Waals surface area contributed by atoms with E-state index < -0.39 is 10.0 Å². The molecule has 0 saturated heterocycles. The number of nitrogens with zero attached hydrogens (tertiary/aromatic N) is 1. The molecular weight excluding hydrogens is 296 g/mol. The second-order valence-corrected chi connectivity index (χ2v) is 6.81. The van der Waals surface area contributed by atoms with Gasteiger partial charge in [-0.1, -0.05) is 36.5 Å². The molecule has 112 valence electrons. The second kappa shape index (κ2) is 7.68. The van der Waals surface area contributed by atoms with Crippen molar-refractivity contribution < 1.29 is 13.2 Å². The molecule has 0 unspecified atom stereocenters. The lowest BCUT2D eigenvalue weighted by atomic mass is 10.1. The predicted molar refractivity (Wildman–Crippen MR) is 84.1 cm³/mol. The molecule has 5 nitrogen and oxygen atoms in total. The van der Waals surface area contributed by atoms with Crippen LogP contribution in [0.4, 0.5) is 0 Å². The zero-order valence-corrected chi connectivity index (χ0v) is 13.3. The highest BCUT2D eigenvalue weighted by molar-refractivity contribution is 7.88. The fraction of sp³-hybridized carbons (Fsp3) is 0.462. The summed E-state index contributed by atoms with van der Waals surface area (Å²) in [6.07, 6.45) is 0. The monoisotopic (exact) mass is 316 g/mol. The molecule has 0 fully saturated rings. The molecule has 1 aromatic carbocycles. The summed E-state index contributed by atoms with van der Waals surface area (Å²) < 4.78 is 31.0. The number of hydrogen-bond acceptors (Lipinski definition) is 4. The molecule has 0 heterocycles. The number of ether oxygens (including phenoxy) is 1. The molecule has 2 N–H and O–H groups in total. The average molecular weight is 316 g/mol. The predicted octanol–water partition coefficient (Wildman–Crippen LogP) is 1.12. The molecule has 20 heavy (non-hydrogen) atoms. The van der Waals surface area contributed by atoms with Crippen molar-refractivity contribution in [1.82, 2.24) is 4.31 Å². The molecule has 0 radical (unpaired) electrons. The molecule has 7 heteroatoms. The SMILES string of the molecule is CCOCCN(C)S(=O)(=O)Cc1ccccc1C(N)=S. The molecule has 0 amide bonds. The topological polar surface area (TPSA) is 72.6 Å². The average Bonchev–Trinajstić information content (AvgIpc) is 2.38. The lowest BCUT2D eigenvalue weighted by Crippen LogP contribution is -2.32. The Bertz CT molecular complexity index is 558. The van der Waals surface area contributed by atoms with Crippen molar-refractivity contribution in [2.24, 2.45) is 5.73 Å². The van der Waals surface area contributed by atoms with Crippen LogP contribution in [0.3, 0.4) is 0 Å². The molecule has 0 aliphatic carbocycles. The van der Waals surface area contributed by atoms with E-state index in [-0.39, 0.29) is 10.7 Å². The van der Waals surface area contributed by atoms with Crippen LogP contribution in [0.25, 0.3) is 0 Å². The maximum absolute atomic E-state index is 12.3. The van der Waals surface area contributed by atoms with Crippen LogP contribution < -0.4 is 5.73 Å². The Kier molecular flexibility index (Phi) is 6.54. The third-order valence-corrected chi connectivity index (χ3v) is 4.88. The first-order valence-corrected chi connectivity index (χ1v) is 8.29. The highest BCUT2D eigenvalue weighted by atomic mass is 32.2. The number of benzene rings is 1. The summed E-state index contributed by atoms with van der Waals surface area (Å²) in [6.45, 7) is 3.14. The third-order valence-electron chi connectivity index (χ3n) is 2.85. The Morgan fingerprint density at radius 2 is 2.05 bits per heavy atom. The van der Waals surface area contributed by atoms with Crippen LogP contribution >= 0.6 is 12.2 Å². The first-order valence-electron chi connectivity index (χ1n) is 6.28. The minimum absolute atomic E-state index is 0.122. The van der Waals surface area contributed by atoms with Crippen LogP contribution in [-0.4, -0.2) is 44.5 Å². The van der Waals surface area contributed by atoms with E-state index >= 15 is 0 Å². The summed E-state index contributed by atoms with van der Waals surface area (Å²) in [6, 6.07) is 7.01. The van der Waals surface area contributed by atoms with Crippen molar-refractivity contribution in [1.29, 1.82) is 0 Å². The van der Waals surface area contributed by atoms with E-state index in [1.165, 1.54) is 11.4 Å². The van der Waals surface area contributed by atoms with Gasteiger partial charge in [0.15, 0.2) is 0 Å². The van der Waals surface area contributed by atoms with Gasteiger partial charge in [-0.2, -0.15) is 0 Å². The summed E-state index contributed by atoms with van der Waals surface area (Å²) in [5, 5.41) is 0. The maximum atomic E-state index is 12.3. The molecule has 0 atom stereocenters. The molecule has 0 saturated carbocycles. The maximum Gasteiger partial charge on any atom is 0.218 e. The summed E-state index contributed by atoms with van der Waals surface area (Å²) in [7, 11) is -1.87. The van der Waals surface area contributed by atoms with E-state index in [1.807, 2.05) is 6.92 Å². The summed E-state index contributed by atoms with van der Waals surface area (Å²) in [5.74, 6) is -0.122. The van der Waals surface area contributed by atoms with E-state index in [1.54, 1.807) is 24.3 Å². The third kappa shape index (κ3) is 4.82. The number of thiocarbonyl (C=S) groups is 1. The number of rotatable bonds is 8. The van der Waals surface area contributed by atoms with Gasteiger partial charge in [0.25, 0.3) is 0 Å². The van der Waals surface area contributed by atoms with Gasteiger partial charge in [0.1, 0.15) is 4.99 Å². The van der Waals surface area contributed by atoms with Crippen molar-refractivity contribution >= 4 is 27.2 Å². The number of nitrogens with two attached hydrogens (primary N) is 1. The van der Waals surface area contributed by atoms with Crippen LogP contribution in [0.2, 0.25) is 0 Å². The smallest absolute Gasteiger partial charge is 0.218 e. The number of likely N-dealkylation sites (N-methyl/N-ethyl adjacent to an activating group) is 1. The van der Waals surface area contributed by atoms with Crippen LogP contribution in [0.5, 0.6) is 0 Å². The summed E-state index contributed by atoms with van der Waals surface area (Å²) >= 11 is 4.94. The Balaban J connectivity index is 2.83. The number of sulfonamides is 1. The first-order chi connectivity index (χ1) is 9.38. The standard InChI is InChI=1S/C13H20N2O3S2/c1-3-18-9-8-15(2)20(16,17)10-11-6-4-5-7-12(11)13(14)19/h4-7H,3,8-10H2,1-2H3,(H2,14,19). The minimum Gasteiger partial charge on any atom is -0.389 e. The largest absolute Gasteiger partial charge is 0.389 e. The molecule has 1 rings (SSSR count). The van der Waals surface area contributed by atoms with E-state index in [2.05, 4.69) is 0 Å². The van der Waals surface area contributed by atoms with Gasteiger partial charge in [-0.25, -0.2) is 12.7 Å². The van der Waals surface area contributed by atoms with Crippen molar-refractivity contribution in [2.75, 3.05) is 26.8 Å². The summed E-state index contributed by atoms with van der Waals surface area (Å²) in [4.78, 5) is 0.202. The fourth-order valence-corrected chi connectivity index (χ4v) is 3.09. The van der Waals surface area contributed by atoms with Crippen LogP contribution in [-0.2, 0) is 20.5 Å². The molecule has 0 bridgehead atoms. The second-order valence-electron chi connectivity index (χ2n) is 4.30. The van der Waals surface area contributed by atoms with Crippen molar-refractivity contribution in [3.8, 4) is 0 Å². The van der Waals surface area contributed by atoms with Crippen LogP contribution in [0.15, 0.2) is 24.3 Å². The van der Waals surface area contributed by atoms with Gasteiger partial charge in [-0.3, -0.25) is 0 Å². The zero-order valence-electron chi connectivity index (χ0n) is 11.7. The van der Waals surface area contributed by atoms with E-state index in [0.717, 1.165) is 0 Å².